The van der Waals surface area contributed by atoms with Crippen molar-refractivity contribution in [2.24, 2.45) is 11.8 Å². The van der Waals surface area contributed by atoms with E-state index in [4.69, 9.17) is 9.52 Å². The van der Waals surface area contributed by atoms with Crippen LogP contribution in [0.3, 0.4) is 0 Å². The molecule has 122 valence electrons. The van der Waals surface area contributed by atoms with E-state index in [1.165, 1.54) is 12.8 Å². The summed E-state index contributed by atoms with van der Waals surface area (Å²) in [6, 6.07) is 4.30. The van der Waals surface area contributed by atoms with Crippen LogP contribution in [0, 0.1) is 11.8 Å². The Hall–Kier alpha value is -1.33. The van der Waals surface area contributed by atoms with Crippen LogP contribution in [0.1, 0.15) is 37.7 Å². The summed E-state index contributed by atoms with van der Waals surface area (Å²) in [6.45, 7) is 4.38. The van der Waals surface area contributed by atoms with Gasteiger partial charge < -0.3 is 14.8 Å². The molecule has 1 aromatic rings. The van der Waals surface area contributed by atoms with Crippen molar-refractivity contribution < 1.29 is 14.3 Å². The molecule has 1 amide bonds. The molecule has 1 saturated heterocycles. The van der Waals surface area contributed by atoms with Gasteiger partial charge >= 0.3 is 0 Å². The van der Waals surface area contributed by atoms with Gasteiger partial charge in [0.25, 0.3) is 0 Å². The molecule has 2 fully saturated rings. The summed E-state index contributed by atoms with van der Waals surface area (Å²) >= 11 is 0. The number of carbonyl (C=O) groups excluding carboxylic acids is 1. The van der Waals surface area contributed by atoms with Crippen molar-refractivity contribution in [2.75, 3.05) is 19.7 Å². The first-order valence-electron chi connectivity index (χ1n) is 8.39. The zero-order chi connectivity index (χ0) is 15.5. The normalized spacial score (nSPS) is 25.5. The van der Waals surface area contributed by atoms with E-state index in [0.29, 0.717) is 5.92 Å². The van der Waals surface area contributed by atoms with Crippen LogP contribution >= 0.6 is 0 Å². The van der Waals surface area contributed by atoms with Gasteiger partial charge in [0, 0.05) is 25.6 Å². The third kappa shape index (κ3) is 3.70. The summed E-state index contributed by atoms with van der Waals surface area (Å²) in [7, 11) is 0. The lowest BCUT2D eigenvalue weighted by molar-refractivity contribution is -0.124. The average molecular weight is 306 g/mol. The van der Waals surface area contributed by atoms with Crippen LogP contribution in [-0.2, 0) is 17.8 Å². The Morgan fingerprint density at radius 1 is 1.36 bits per heavy atom. The molecular weight excluding hydrogens is 280 g/mol. The van der Waals surface area contributed by atoms with Crippen molar-refractivity contribution in [2.45, 2.75) is 45.2 Å². The first-order valence-corrected chi connectivity index (χ1v) is 8.39. The molecule has 22 heavy (non-hydrogen) atoms. The van der Waals surface area contributed by atoms with Gasteiger partial charge in [-0.25, -0.2) is 0 Å². The SMILES string of the molecule is CCCc1ccc(CN2CC(NC(=O)CO)C(C3CC3)C2)o1. The fourth-order valence-electron chi connectivity index (χ4n) is 3.56. The Morgan fingerprint density at radius 3 is 2.82 bits per heavy atom. The van der Waals surface area contributed by atoms with Crippen LogP contribution in [0.2, 0.25) is 0 Å². The molecule has 1 aromatic heterocycles. The van der Waals surface area contributed by atoms with E-state index < -0.39 is 6.61 Å². The van der Waals surface area contributed by atoms with Crippen LogP contribution in [0.5, 0.6) is 0 Å². The minimum absolute atomic E-state index is 0.164. The van der Waals surface area contributed by atoms with E-state index in [2.05, 4.69) is 29.3 Å². The van der Waals surface area contributed by atoms with Crippen LogP contribution in [0.4, 0.5) is 0 Å². The summed E-state index contributed by atoms with van der Waals surface area (Å²) in [5.41, 5.74) is 0. The van der Waals surface area contributed by atoms with E-state index in [9.17, 15) is 4.79 Å². The zero-order valence-electron chi connectivity index (χ0n) is 13.3. The molecule has 0 bridgehead atoms. The van der Waals surface area contributed by atoms with Crippen molar-refractivity contribution in [1.29, 1.82) is 0 Å². The predicted octanol–water partition coefficient (Wildman–Crippen LogP) is 1.55. The second-order valence-electron chi connectivity index (χ2n) is 6.65. The Balaban J connectivity index is 1.58. The standard InChI is InChI=1S/C17H26N2O3/c1-2-3-13-6-7-14(22-13)8-19-9-15(12-4-5-12)16(10-19)18-17(21)11-20/h6-7,12,15-16,20H,2-5,8-11H2,1H3,(H,18,21). The number of nitrogens with one attached hydrogen (secondary N) is 1. The number of furan rings is 1. The van der Waals surface area contributed by atoms with E-state index in [-0.39, 0.29) is 11.9 Å². The monoisotopic (exact) mass is 306 g/mol. The lowest BCUT2D eigenvalue weighted by Crippen LogP contribution is -2.42. The van der Waals surface area contributed by atoms with Gasteiger partial charge in [-0.1, -0.05) is 6.92 Å². The summed E-state index contributed by atoms with van der Waals surface area (Å²) in [4.78, 5) is 13.9. The van der Waals surface area contributed by atoms with Crippen molar-refractivity contribution in [3.63, 3.8) is 0 Å². The van der Waals surface area contributed by atoms with Crippen molar-refractivity contribution in [3.8, 4) is 0 Å². The van der Waals surface area contributed by atoms with Crippen molar-refractivity contribution in [3.05, 3.63) is 23.7 Å². The van der Waals surface area contributed by atoms with Crippen LogP contribution < -0.4 is 5.32 Å². The maximum Gasteiger partial charge on any atom is 0.245 e. The fraction of sp³-hybridized carbons (Fsp3) is 0.706. The maximum atomic E-state index is 11.5. The first-order chi connectivity index (χ1) is 10.7. The number of aliphatic hydroxyl groups excluding tert-OH is 1. The largest absolute Gasteiger partial charge is 0.465 e. The molecule has 2 aliphatic rings. The summed E-state index contributed by atoms with van der Waals surface area (Å²) < 4.78 is 5.87. The van der Waals surface area contributed by atoms with Gasteiger partial charge in [0.15, 0.2) is 0 Å². The molecule has 2 unspecified atom stereocenters. The third-order valence-electron chi connectivity index (χ3n) is 4.75. The van der Waals surface area contributed by atoms with Crippen molar-refractivity contribution >= 4 is 5.91 Å². The van der Waals surface area contributed by atoms with Crippen LogP contribution in [-0.4, -0.2) is 41.7 Å². The molecule has 2 atom stereocenters. The Bertz CT molecular complexity index is 510. The Labute approximate surface area is 131 Å². The molecule has 2 N–H and O–H groups in total. The highest BCUT2D eigenvalue weighted by Gasteiger charge is 2.43. The minimum Gasteiger partial charge on any atom is -0.465 e. The summed E-state index contributed by atoms with van der Waals surface area (Å²) in [5.74, 6) is 3.05. The number of carbonyl (C=O) groups is 1. The van der Waals surface area contributed by atoms with E-state index >= 15 is 0 Å². The van der Waals surface area contributed by atoms with Gasteiger partial charge in [-0.2, -0.15) is 0 Å². The highest BCUT2D eigenvalue weighted by Crippen LogP contribution is 2.41. The number of likely N-dealkylation sites (tertiary alicyclic amines) is 1. The number of nitrogens with zero attached hydrogens (tertiary/aromatic N) is 1. The molecule has 1 aliphatic carbocycles. The lowest BCUT2D eigenvalue weighted by Gasteiger charge is -2.18. The van der Waals surface area contributed by atoms with Gasteiger partial charge in [0.05, 0.1) is 6.54 Å². The Morgan fingerprint density at radius 2 is 2.14 bits per heavy atom. The predicted molar refractivity (Wildman–Crippen MR) is 83.2 cm³/mol. The van der Waals surface area contributed by atoms with Gasteiger partial charge in [0.1, 0.15) is 18.1 Å². The average Bonchev–Trinajstić information content (AvgIpc) is 3.14. The minimum atomic E-state index is -0.424. The lowest BCUT2D eigenvalue weighted by atomic mass is 9.98. The van der Waals surface area contributed by atoms with Crippen LogP contribution in [0.25, 0.3) is 0 Å². The van der Waals surface area contributed by atoms with E-state index in [1.54, 1.807) is 0 Å². The summed E-state index contributed by atoms with van der Waals surface area (Å²) in [6.07, 6.45) is 4.62. The molecule has 1 saturated carbocycles. The molecule has 0 aromatic carbocycles. The molecule has 2 heterocycles. The molecule has 1 aliphatic heterocycles. The Kier molecular flexibility index (Phi) is 4.84. The highest BCUT2D eigenvalue weighted by atomic mass is 16.3. The van der Waals surface area contributed by atoms with Gasteiger partial charge in [-0.3, -0.25) is 9.69 Å². The number of hydrogen-bond acceptors (Lipinski definition) is 4. The molecule has 3 rings (SSSR count). The topological polar surface area (TPSA) is 65.7 Å². The number of amides is 1. The maximum absolute atomic E-state index is 11.5. The van der Waals surface area contributed by atoms with Crippen LogP contribution in [0.15, 0.2) is 16.5 Å². The zero-order valence-corrected chi connectivity index (χ0v) is 13.3. The van der Waals surface area contributed by atoms with Gasteiger partial charge in [-0.05, 0) is 43.2 Å². The number of aryl methyl sites for hydroxylation is 1. The number of rotatable bonds is 7. The van der Waals surface area contributed by atoms with Crippen molar-refractivity contribution in [1.82, 2.24) is 10.2 Å². The second kappa shape index (κ2) is 6.84. The number of hydrogen-bond donors (Lipinski definition) is 2. The summed E-state index contributed by atoms with van der Waals surface area (Å²) in [5, 5.41) is 11.9. The second-order valence-corrected chi connectivity index (χ2v) is 6.65. The number of aliphatic hydroxyl groups is 1. The molecule has 0 spiro atoms. The molecular formula is C17H26N2O3. The fourth-order valence-corrected chi connectivity index (χ4v) is 3.56. The quantitative estimate of drug-likeness (QED) is 0.802. The van der Waals surface area contributed by atoms with Gasteiger partial charge in [-0.15, -0.1) is 0 Å². The third-order valence-corrected chi connectivity index (χ3v) is 4.75. The molecule has 5 heteroatoms. The van der Waals surface area contributed by atoms with Gasteiger partial charge in [0.2, 0.25) is 5.91 Å². The highest BCUT2D eigenvalue weighted by molar-refractivity contribution is 5.77. The molecule has 0 radical (unpaired) electrons. The first kappa shape index (κ1) is 15.6. The van der Waals surface area contributed by atoms with E-state index in [0.717, 1.165) is 49.9 Å². The smallest absolute Gasteiger partial charge is 0.245 e. The van der Waals surface area contributed by atoms with E-state index in [1.807, 2.05) is 0 Å². The molecule has 5 nitrogen and oxygen atoms in total.